The van der Waals surface area contributed by atoms with E-state index in [2.05, 4.69) is 6.92 Å². The summed E-state index contributed by atoms with van der Waals surface area (Å²) in [5.74, 6) is -0.253. The van der Waals surface area contributed by atoms with Crippen LogP contribution in [0.1, 0.15) is 103 Å². The quantitative estimate of drug-likeness (QED) is 0.0755. The second-order valence-electron chi connectivity index (χ2n) is 12.3. The molecule has 12 nitrogen and oxygen atoms in total. The highest BCUT2D eigenvalue weighted by atomic mass is 16.7. The van der Waals surface area contributed by atoms with Crippen molar-refractivity contribution in [1.29, 1.82) is 0 Å². The van der Waals surface area contributed by atoms with Crippen molar-refractivity contribution in [3.8, 4) is 0 Å². The van der Waals surface area contributed by atoms with E-state index in [4.69, 9.17) is 18.9 Å². The van der Waals surface area contributed by atoms with Gasteiger partial charge in [0.05, 0.1) is 26.4 Å². The molecule has 0 aromatic heterocycles. The van der Waals surface area contributed by atoms with Crippen molar-refractivity contribution in [3.63, 3.8) is 0 Å². The molecule has 256 valence electrons. The minimum absolute atomic E-state index is 0.0402. The van der Waals surface area contributed by atoms with E-state index in [-0.39, 0.29) is 19.1 Å². The Bertz CT molecular complexity index is 643. The van der Waals surface area contributed by atoms with Crippen LogP contribution in [0, 0.1) is 5.92 Å². The van der Waals surface area contributed by atoms with Crippen molar-refractivity contribution >= 4 is 0 Å². The second kappa shape index (κ2) is 22.1. The lowest BCUT2D eigenvalue weighted by Gasteiger charge is -2.41. The fourth-order valence-electron chi connectivity index (χ4n) is 5.71. The molecular weight excluding hydrogens is 564 g/mol. The number of hydrogen-bond acceptors (Lipinski definition) is 12. The zero-order valence-electron chi connectivity index (χ0n) is 26.0. The van der Waals surface area contributed by atoms with Gasteiger partial charge in [0.2, 0.25) is 0 Å². The highest BCUT2D eigenvalue weighted by molar-refractivity contribution is 4.90. The van der Waals surface area contributed by atoms with Crippen molar-refractivity contribution in [1.82, 2.24) is 0 Å². The Balaban J connectivity index is 1.77. The molecule has 2 saturated heterocycles. The molecule has 0 amide bonds. The third-order valence-corrected chi connectivity index (χ3v) is 8.66. The number of aliphatic hydroxyl groups is 8. The number of rotatable bonds is 23. The summed E-state index contributed by atoms with van der Waals surface area (Å²) in [6.45, 7) is 1.20. The molecule has 12 heteroatoms. The van der Waals surface area contributed by atoms with Crippen molar-refractivity contribution in [3.05, 3.63) is 0 Å². The summed E-state index contributed by atoms with van der Waals surface area (Å²) in [6, 6.07) is 0. The largest absolute Gasteiger partial charge is 0.394 e. The van der Waals surface area contributed by atoms with Crippen molar-refractivity contribution in [2.75, 3.05) is 26.4 Å². The highest BCUT2D eigenvalue weighted by Gasteiger charge is 2.45. The van der Waals surface area contributed by atoms with Crippen LogP contribution < -0.4 is 0 Å². The predicted molar refractivity (Wildman–Crippen MR) is 158 cm³/mol. The molecule has 43 heavy (non-hydrogen) atoms. The normalized spacial score (nSPS) is 33.3. The number of aliphatic hydroxyl groups excluding tert-OH is 8. The lowest BCUT2D eigenvalue weighted by molar-refractivity contribution is -0.312. The van der Waals surface area contributed by atoms with Crippen LogP contribution in [0.4, 0.5) is 0 Å². The summed E-state index contributed by atoms with van der Waals surface area (Å²) < 4.78 is 22.4. The standard InChI is InChI=1S/C31H60O12/c1-2-3-4-5-6-7-8-9-10-11-12-13-14-15-16-21(19-40-30-28(38)26(36)24(34)22(17-32)42-30)20-41-31-29(39)27(37)25(35)23(18-33)43-31/h21-39H,2-20H2,1H3/t22-,23-,24-,25-,26+,27+,28-,29-,30-,31-/m1/s1. The molecule has 2 fully saturated rings. The first-order valence-electron chi connectivity index (χ1n) is 16.6. The van der Waals surface area contributed by atoms with E-state index in [1.165, 1.54) is 70.6 Å². The van der Waals surface area contributed by atoms with Crippen LogP contribution in [-0.4, -0.2) is 129 Å². The molecule has 2 heterocycles. The molecule has 0 aliphatic carbocycles. The molecule has 0 radical (unpaired) electrons. The van der Waals surface area contributed by atoms with Crippen molar-refractivity contribution in [2.45, 2.75) is 165 Å². The summed E-state index contributed by atoms with van der Waals surface area (Å²) >= 11 is 0. The van der Waals surface area contributed by atoms with E-state index in [0.717, 1.165) is 19.3 Å². The third kappa shape index (κ3) is 13.4. The van der Waals surface area contributed by atoms with E-state index >= 15 is 0 Å². The van der Waals surface area contributed by atoms with Crippen LogP contribution >= 0.6 is 0 Å². The van der Waals surface area contributed by atoms with Gasteiger partial charge in [0, 0.05) is 5.92 Å². The van der Waals surface area contributed by atoms with Crippen molar-refractivity contribution < 1.29 is 59.8 Å². The van der Waals surface area contributed by atoms with Gasteiger partial charge in [-0.1, -0.05) is 96.8 Å². The molecule has 10 atom stereocenters. The topological polar surface area (TPSA) is 199 Å². The summed E-state index contributed by atoms with van der Waals surface area (Å²) in [7, 11) is 0. The van der Waals surface area contributed by atoms with E-state index in [0.29, 0.717) is 6.42 Å². The summed E-state index contributed by atoms with van der Waals surface area (Å²) in [5, 5.41) is 79.7. The van der Waals surface area contributed by atoms with Gasteiger partial charge >= 0.3 is 0 Å². The van der Waals surface area contributed by atoms with E-state index < -0.39 is 74.6 Å². The maximum Gasteiger partial charge on any atom is 0.186 e. The number of unbranched alkanes of at least 4 members (excludes halogenated alkanes) is 13. The molecule has 0 bridgehead atoms. The predicted octanol–water partition coefficient (Wildman–Crippen LogP) is 1.11. The van der Waals surface area contributed by atoms with Crippen LogP contribution in [0.3, 0.4) is 0 Å². The SMILES string of the molecule is CCCCCCCCCCCCCCCCC(CO[C@@H]1O[C@H](CO)[C@@H](O)[C@H](O)[C@H]1O)CO[C@@H]1O[C@H](CO)[C@@H](O)[C@H](O)[C@H]1O. The Morgan fingerprint density at radius 1 is 0.488 bits per heavy atom. The van der Waals surface area contributed by atoms with E-state index in [9.17, 15) is 40.9 Å². The number of ether oxygens (including phenoxy) is 4. The van der Waals surface area contributed by atoms with Gasteiger partial charge in [0.25, 0.3) is 0 Å². The minimum Gasteiger partial charge on any atom is -0.394 e. The lowest BCUT2D eigenvalue weighted by atomic mass is 9.98. The van der Waals surface area contributed by atoms with Gasteiger partial charge in [-0.15, -0.1) is 0 Å². The second-order valence-corrected chi connectivity index (χ2v) is 12.3. The first kappa shape index (κ1) is 38.7. The molecule has 0 unspecified atom stereocenters. The average molecular weight is 625 g/mol. The van der Waals surface area contributed by atoms with Gasteiger partial charge in [-0.2, -0.15) is 0 Å². The van der Waals surface area contributed by atoms with Crippen LogP contribution in [-0.2, 0) is 18.9 Å². The van der Waals surface area contributed by atoms with E-state index in [1.807, 2.05) is 0 Å². The van der Waals surface area contributed by atoms with Gasteiger partial charge in [0.15, 0.2) is 12.6 Å². The maximum absolute atomic E-state index is 10.3. The summed E-state index contributed by atoms with van der Waals surface area (Å²) in [5.41, 5.74) is 0. The molecule has 0 saturated carbocycles. The Morgan fingerprint density at radius 2 is 0.837 bits per heavy atom. The first-order valence-corrected chi connectivity index (χ1v) is 16.6. The Kier molecular flexibility index (Phi) is 19.9. The first-order chi connectivity index (χ1) is 20.7. The van der Waals surface area contributed by atoms with Crippen LogP contribution in [0.25, 0.3) is 0 Å². The van der Waals surface area contributed by atoms with Gasteiger partial charge in [-0.05, 0) is 6.42 Å². The number of hydrogen-bond donors (Lipinski definition) is 8. The molecule has 2 aliphatic rings. The zero-order chi connectivity index (χ0) is 31.6. The fourth-order valence-corrected chi connectivity index (χ4v) is 5.71. The lowest BCUT2D eigenvalue weighted by Crippen LogP contribution is -2.59. The maximum atomic E-state index is 10.3. The van der Waals surface area contributed by atoms with Gasteiger partial charge in [-0.3, -0.25) is 0 Å². The Hall–Kier alpha value is -0.480. The minimum atomic E-state index is -1.55. The zero-order valence-corrected chi connectivity index (χ0v) is 26.0. The Labute approximate surface area is 256 Å². The fraction of sp³-hybridized carbons (Fsp3) is 1.00. The summed E-state index contributed by atoms with van der Waals surface area (Å²) in [6.07, 6.45) is 4.11. The molecule has 0 spiro atoms. The Morgan fingerprint density at radius 3 is 1.19 bits per heavy atom. The molecule has 2 rings (SSSR count). The average Bonchev–Trinajstić information content (AvgIpc) is 3.01. The molecule has 0 aromatic carbocycles. The van der Waals surface area contributed by atoms with E-state index in [1.54, 1.807) is 0 Å². The monoisotopic (exact) mass is 624 g/mol. The molecule has 2 aliphatic heterocycles. The van der Waals surface area contributed by atoms with Crippen LogP contribution in [0.2, 0.25) is 0 Å². The van der Waals surface area contributed by atoms with Gasteiger partial charge in [-0.25, -0.2) is 0 Å². The van der Waals surface area contributed by atoms with Crippen LogP contribution in [0.15, 0.2) is 0 Å². The molecular formula is C31H60O12. The van der Waals surface area contributed by atoms with Crippen LogP contribution in [0.5, 0.6) is 0 Å². The molecule has 0 aromatic rings. The molecule has 8 N–H and O–H groups in total. The smallest absolute Gasteiger partial charge is 0.186 e. The van der Waals surface area contributed by atoms with Gasteiger partial charge in [0.1, 0.15) is 48.8 Å². The van der Waals surface area contributed by atoms with Crippen molar-refractivity contribution in [2.24, 2.45) is 5.92 Å². The third-order valence-electron chi connectivity index (χ3n) is 8.66. The van der Waals surface area contributed by atoms with Gasteiger partial charge < -0.3 is 59.8 Å². The summed E-state index contributed by atoms with van der Waals surface area (Å²) in [4.78, 5) is 0. The highest BCUT2D eigenvalue weighted by Crippen LogP contribution is 2.26.